The molecule has 0 atom stereocenters. The van der Waals surface area contributed by atoms with Gasteiger partial charge in [0.1, 0.15) is 13.2 Å². The lowest BCUT2D eigenvalue weighted by Crippen LogP contribution is -2.40. The average Bonchev–Trinajstić information content (AvgIpc) is 2.92. The molecule has 0 saturated heterocycles. The summed E-state index contributed by atoms with van der Waals surface area (Å²) in [4.78, 5) is 45.8. The fraction of sp³-hybridized carbons (Fsp3) is 0.840. The van der Waals surface area contributed by atoms with Crippen LogP contribution in [0.2, 0.25) is 0 Å². The third kappa shape index (κ3) is 16.1. The second-order valence-electron chi connectivity index (χ2n) is 9.63. The predicted octanol–water partition coefficient (Wildman–Crippen LogP) is -0.329. The van der Waals surface area contributed by atoms with E-state index < -0.39 is 10.1 Å². The van der Waals surface area contributed by atoms with E-state index >= 15 is 0 Å². The zero-order valence-electron chi connectivity index (χ0n) is 23.6. The van der Waals surface area contributed by atoms with Crippen molar-refractivity contribution in [2.45, 2.75) is 63.5 Å². The Morgan fingerprint density at radius 2 is 1.10 bits per heavy atom. The second kappa shape index (κ2) is 19.7. The summed E-state index contributed by atoms with van der Waals surface area (Å²) in [5.74, 6) is -0.910. The van der Waals surface area contributed by atoms with Crippen LogP contribution >= 0.6 is 0 Å². The number of esters is 2. The molecule has 2 rings (SSSR count). The third-order valence-corrected chi connectivity index (χ3v) is 7.08. The Hall–Kier alpha value is -2.33. The molecule has 0 aromatic rings. The molecule has 2 fully saturated rings. The minimum atomic E-state index is -3.48. The summed E-state index contributed by atoms with van der Waals surface area (Å²) in [5.41, 5.74) is 0. The van der Waals surface area contributed by atoms with Gasteiger partial charge in [-0.05, 0) is 51.4 Å². The van der Waals surface area contributed by atoms with E-state index in [1.54, 1.807) is 0 Å². The third-order valence-electron chi connectivity index (χ3n) is 6.48. The number of carbonyl (C=O) groups excluding carboxylic acids is 4. The number of hydrogen-bond acceptors (Lipinski definition) is 12. The zero-order chi connectivity index (χ0) is 30.0. The molecule has 0 aromatic heterocycles. The lowest BCUT2D eigenvalue weighted by Gasteiger charge is -2.27. The summed E-state index contributed by atoms with van der Waals surface area (Å²) in [6.07, 6.45) is 6.85. The maximum Gasteiger partial charge on any atom is 0.308 e. The molecule has 0 unspecified atom stereocenters. The minimum Gasteiger partial charge on any atom is -0.469 e. The summed E-state index contributed by atoms with van der Waals surface area (Å²) < 4.78 is 45.2. The maximum absolute atomic E-state index is 11.7. The van der Waals surface area contributed by atoms with E-state index in [2.05, 4.69) is 14.8 Å². The Morgan fingerprint density at radius 1 is 0.700 bits per heavy atom. The van der Waals surface area contributed by atoms with Gasteiger partial charge in [-0.1, -0.05) is 0 Å². The Bertz CT molecular complexity index is 882. The molecule has 0 spiro atoms. The van der Waals surface area contributed by atoms with Gasteiger partial charge in [-0.25, -0.2) is 0 Å². The lowest BCUT2D eigenvalue weighted by atomic mass is 9.86. The number of aliphatic hydroxyl groups excluding tert-OH is 1. The van der Waals surface area contributed by atoms with E-state index in [1.165, 1.54) is 14.2 Å². The van der Waals surface area contributed by atoms with Gasteiger partial charge < -0.3 is 34.7 Å². The van der Waals surface area contributed by atoms with E-state index in [0.29, 0.717) is 12.8 Å². The van der Waals surface area contributed by atoms with Crippen molar-refractivity contribution in [1.82, 2.24) is 10.6 Å². The number of methoxy groups -OCH3 is 2. The van der Waals surface area contributed by atoms with Gasteiger partial charge >= 0.3 is 11.9 Å². The van der Waals surface area contributed by atoms with Gasteiger partial charge in [0, 0.05) is 12.1 Å². The van der Waals surface area contributed by atoms with Crippen LogP contribution in [0, 0.1) is 11.8 Å². The number of nitrogens with one attached hydrogen (secondary N) is 2. The number of amides is 2. The number of aliphatic hydroxyl groups is 1. The molecule has 2 amide bonds. The Morgan fingerprint density at radius 3 is 1.45 bits per heavy atom. The van der Waals surface area contributed by atoms with E-state index in [1.807, 2.05) is 0 Å². The summed E-state index contributed by atoms with van der Waals surface area (Å²) in [7, 11) is -0.707. The molecule has 232 valence electrons. The normalized spacial score (nSPS) is 22.7. The average molecular weight is 597 g/mol. The molecular weight excluding hydrogens is 552 g/mol. The molecule has 0 radical (unpaired) electrons. The van der Waals surface area contributed by atoms with Crippen LogP contribution in [-0.2, 0) is 52.4 Å². The van der Waals surface area contributed by atoms with Crippen molar-refractivity contribution in [3.8, 4) is 0 Å². The molecule has 0 aliphatic heterocycles. The number of rotatable bonds is 14. The van der Waals surface area contributed by atoms with E-state index in [4.69, 9.17) is 24.1 Å². The van der Waals surface area contributed by atoms with Crippen LogP contribution < -0.4 is 10.6 Å². The van der Waals surface area contributed by atoms with Crippen molar-refractivity contribution in [2.24, 2.45) is 11.8 Å². The molecule has 2 aliphatic carbocycles. The van der Waals surface area contributed by atoms with Crippen LogP contribution in [0.4, 0.5) is 0 Å². The molecule has 2 saturated carbocycles. The van der Waals surface area contributed by atoms with Crippen LogP contribution in [0.15, 0.2) is 0 Å². The highest BCUT2D eigenvalue weighted by Gasteiger charge is 2.28. The molecule has 15 heteroatoms. The van der Waals surface area contributed by atoms with Crippen LogP contribution in [0.1, 0.15) is 51.4 Å². The van der Waals surface area contributed by atoms with E-state index in [-0.39, 0.29) is 87.3 Å². The smallest absolute Gasteiger partial charge is 0.308 e. The predicted molar refractivity (Wildman–Crippen MR) is 141 cm³/mol. The van der Waals surface area contributed by atoms with E-state index in [0.717, 1.165) is 44.8 Å². The second-order valence-corrected chi connectivity index (χ2v) is 11.3. The maximum atomic E-state index is 11.7. The Kier molecular flexibility index (Phi) is 17.6. The van der Waals surface area contributed by atoms with Crippen molar-refractivity contribution < 1.29 is 55.8 Å². The lowest BCUT2D eigenvalue weighted by molar-refractivity contribution is -0.147. The molecule has 0 heterocycles. The van der Waals surface area contributed by atoms with Gasteiger partial charge in [-0.15, -0.1) is 0 Å². The van der Waals surface area contributed by atoms with Gasteiger partial charge in [0.15, 0.2) is 0 Å². The topological polar surface area (TPSA) is 193 Å². The van der Waals surface area contributed by atoms with Gasteiger partial charge in [0.2, 0.25) is 11.8 Å². The summed E-state index contributed by atoms with van der Waals surface area (Å²) >= 11 is 0. The molecule has 3 N–H and O–H groups in total. The molecular formula is C25H44N2O12S. The van der Waals surface area contributed by atoms with Crippen molar-refractivity contribution in [2.75, 3.05) is 60.1 Å². The first-order valence-electron chi connectivity index (χ1n) is 13.3. The summed E-state index contributed by atoms with van der Waals surface area (Å²) in [5, 5.41) is 14.2. The van der Waals surface area contributed by atoms with Crippen LogP contribution in [0.3, 0.4) is 0 Å². The highest BCUT2D eigenvalue weighted by molar-refractivity contribution is 7.85. The number of ether oxygens (including phenoxy) is 4. The van der Waals surface area contributed by atoms with Crippen LogP contribution in [0.5, 0.6) is 0 Å². The van der Waals surface area contributed by atoms with Gasteiger partial charge in [-0.3, -0.25) is 23.4 Å². The minimum absolute atomic E-state index is 0.0234. The fourth-order valence-corrected chi connectivity index (χ4v) is 4.83. The van der Waals surface area contributed by atoms with Crippen LogP contribution in [0.25, 0.3) is 0 Å². The van der Waals surface area contributed by atoms with Crippen molar-refractivity contribution in [3.63, 3.8) is 0 Å². The number of carbonyl (C=O) groups is 4. The zero-order valence-corrected chi connectivity index (χ0v) is 24.4. The van der Waals surface area contributed by atoms with Gasteiger partial charge in [-0.2, -0.15) is 8.42 Å². The van der Waals surface area contributed by atoms with E-state index in [9.17, 15) is 27.6 Å². The molecule has 2 aliphatic rings. The highest BCUT2D eigenvalue weighted by atomic mass is 32.2. The largest absolute Gasteiger partial charge is 0.469 e. The molecule has 0 aromatic carbocycles. The molecule has 14 nitrogen and oxygen atoms in total. The Balaban J connectivity index is 0.000000408. The van der Waals surface area contributed by atoms with Crippen molar-refractivity contribution in [3.05, 3.63) is 0 Å². The van der Waals surface area contributed by atoms with Crippen molar-refractivity contribution >= 4 is 33.9 Å². The van der Waals surface area contributed by atoms with Crippen molar-refractivity contribution in [1.29, 1.82) is 0 Å². The quantitative estimate of drug-likeness (QED) is 0.135. The first-order chi connectivity index (χ1) is 19.0. The summed E-state index contributed by atoms with van der Waals surface area (Å²) in [6, 6.07) is 0.139. The summed E-state index contributed by atoms with van der Waals surface area (Å²) in [6.45, 7) is -0.187. The highest BCUT2D eigenvalue weighted by Crippen LogP contribution is 2.26. The first kappa shape index (κ1) is 35.7. The number of hydrogen-bond donors (Lipinski definition) is 3. The molecule has 40 heavy (non-hydrogen) atoms. The molecule has 0 bridgehead atoms. The fourth-order valence-electron chi connectivity index (χ4n) is 4.46. The Labute approximate surface area is 235 Å². The SMILES string of the molecule is COC(=O)C1CCC(NC(=O)COCCO)CC1.COC(=O)C1CCC(NC(=O)COCCOS(C)(=O)=O)CC1. The standard InChI is InChI=1S/C13H23NO7S.C12H21NO5/c1-19-13(16)10-3-5-11(6-4-10)14-12(15)9-20-7-8-21-22(2,17)18;1-17-12(16)9-2-4-10(5-3-9)13-11(15)8-18-7-6-14/h10-11H,3-9H2,1-2H3,(H,14,15);9-10,14H,2-8H2,1H3,(H,13,15). The van der Waals surface area contributed by atoms with Gasteiger partial charge in [0.25, 0.3) is 10.1 Å². The van der Waals surface area contributed by atoms with Gasteiger partial charge in [0.05, 0.1) is 58.7 Å². The monoisotopic (exact) mass is 596 g/mol. The van der Waals surface area contributed by atoms with Crippen LogP contribution in [-0.4, -0.2) is 109 Å². The first-order valence-corrected chi connectivity index (χ1v) is 15.2.